The molecule has 2 aliphatic carbocycles. The highest BCUT2D eigenvalue weighted by Gasteiger charge is 2.47. The molecule has 4 rings (SSSR count). The molecule has 1 aliphatic heterocycles. The second kappa shape index (κ2) is 9.72. The number of allylic oxidation sites excluding steroid dienone is 3. The van der Waals surface area contributed by atoms with Crippen molar-refractivity contribution in [2.45, 2.75) is 64.4 Å². The van der Waals surface area contributed by atoms with Crippen LogP contribution in [0.3, 0.4) is 0 Å². The lowest BCUT2D eigenvalue weighted by Gasteiger charge is -2.38. The van der Waals surface area contributed by atoms with Crippen molar-refractivity contribution < 1.29 is 23.9 Å². The standard InChI is InChI=1S/C26H30ClNO5/c1-14-12-19-23(24(29)20(14)25(30)32-3)22(16-8-7-9-17(27)13-16)21(15(2)28-19)26(31)33-18-10-5-4-6-11-18/h7-9,13-14,18,20,22,28H,4-6,10-12H2,1-3H3/t14-,20-,22+/m1/s1. The van der Waals surface area contributed by atoms with Gasteiger partial charge in [0.05, 0.1) is 12.7 Å². The molecule has 0 unspecified atom stereocenters. The molecule has 1 saturated carbocycles. The van der Waals surface area contributed by atoms with Crippen LogP contribution in [0.1, 0.15) is 63.9 Å². The quantitative estimate of drug-likeness (QED) is 0.500. The van der Waals surface area contributed by atoms with Crippen LogP contribution in [0.15, 0.2) is 46.8 Å². The minimum Gasteiger partial charge on any atom is -0.468 e. The van der Waals surface area contributed by atoms with Gasteiger partial charge in [-0.05, 0) is 62.6 Å². The predicted octanol–water partition coefficient (Wildman–Crippen LogP) is 4.83. The topological polar surface area (TPSA) is 81.7 Å². The van der Waals surface area contributed by atoms with E-state index in [1.165, 1.54) is 7.11 Å². The van der Waals surface area contributed by atoms with E-state index in [0.29, 0.717) is 28.3 Å². The van der Waals surface area contributed by atoms with E-state index in [0.717, 1.165) is 43.4 Å². The number of dihydropyridines is 1. The average molecular weight is 472 g/mol. The second-order valence-corrected chi connectivity index (χ2v) is 9.69. The molecule has 3 atom stereocenters. The Bertz CT molecular complexity index is 1040. The fraction of sp³-hybridized carbons (Fsp3) is 0.500. The molecule has 0 saturated heterocycles. The van der Waals surface area contributed by atoms with E-state index in [9.17, 15) is 14.4 Å². The summed E-state index contributed by atoms with van der Waals surface area (Å²) < 4.78 is 10.9. The number of Topliss-reactive ketones (excluding diaryl/α,β-unsaturated/α-hetero) is 1. The summed E-state index contributed by atoms with van der Waals surface area (Å²) in [7, 11) is 1.29. The predicted molar refractivity (Wildman–Crippen MR) is 124 cm³/mol. The zero-order valence-electron chi connectivity index (χ0n) is 19.3. The summed E-state index contributed by atoms with van der Waals surface area (Å²) in [6, 6.07) is 7.17. The third kappa shape index (κ3) is 4.58. The molecule has 1 aromatic carbocycles. The number of ether oxygens (including phenoxy) is 2. The van der Waals surface area contributed by atoms with Crippen LogP contribution in [-0.4, -0.2) is 30.9 Å². The Morgan fingerprint density at radius 1 is 1.15 bits per heavy atom. The second-order valence-electron chi connectivity index (χ2n) is 9.26. The number of benzene rings is 1. The molecule has 7 heteroatoms. The van der Waals surface area contributed by atoms with Gasteiger partial charge in [-0.1, -0.05) is 37.1 Å². The molecule has 0 spiro atoms. The van der Waals surface area contributed by atoms with E-state index >= 15 is 0 Å². The van der Waals surface area contributed by atoms with Crippen LogP contribution < -0.4 is 5.32 Å². The van der Waals surface area contributed by atoms with Crippen molar-refractivity contribution in [3.63, 3.8) is 0 Å². The van der Waals surface area contributed by atoms with Crippen LogP contribution in [0, 0.1) is 11.8 Å². The number of methoxy groups -OCH3 is 1. The molecule has 0 amide bonds. The average Bonchev–Trinajstić information content (AvgIpc) is 2.78. The Balaban J connectivity index is 1.78. The highest BCUT2D eigenvalue weighted by molar-refractivity contribution is 6.30. The molecule has 1 fully saturated rings. The van der Waals surface area contributed by atoms with Crippen molar-refractivity contribution in [1.29, 1.82) is 0 Å². The van der Waals surface area contributed by atoms with E-state index in [1.54, 1.807) is 18.2 Å². The summed E-state index contributed by atoms with van der Waals surface area (Å²) in [5.74, 6) is -3.09. The fourth-order valence-corrected chi connectivity index (χ4v) is 5.57. The van der Waals surface area contributed by atoms with Crippen LogP contribution in [0.2, 0.25) is 5.02 Å². The van der Waals surface area contributed by atoms with Gasteiger partial charge in [0.25, 0.3) is 0 Å². The largest absolute Gasteiger partial charge is 0.468 e. The van der Waals surface area contributed by atoms with Gasteiger partial charge in [-0.25, -0.2) is 4.79 Å². The van der Waals surface area contributed by atoms with Crippen molar-refractivity contribution in [2.75, 3.05) is 7.11 Å². The van der Waals surface area contributed by atoms with Crippen molar-refractivity contribution in [3.8, 4) is 0 Å². The first-order valence-corrected chi connectivity index (χ1v) is 12.0. The van der Waals surface area contributed by atoms with Gasteiger partial charge in [-0.3, -0.25) is 9.59 Å². The van der Waals surface area contributed by atoms with Gasteiger partial charge in [-0.15, -0.1) is 0 Å². The molecule has 6 nitrogen and oxygen atoms in total. The molecular formula is C26H30ClNO5. The molecular weight excluding hydrogens is 442 g/mol. The fourth-order valence-electron chi connectivity index (χ4n) is 5.37. The molecule has 3 aliphatic rings. The maximum Gasteiger partial charge on any atom is 0.337 e. The summed E-state index contributed by atoms with van der Waals surface area (Å²) in [4.78, 5) is 39.7. The number of rotatable bonds is 4. The van der Waals surface area contributed by atoms with Crippen LogP contribution in [-0.2, 0) is 23.9 Å². The maximum absolute atomic E-state index is 13.7. The minimum absolute atomic E-state index is 0.119. The molecule has 1 aromatic rings. The molecule has 0 bridgehead atoms. The number of hydrogen-bond donors (Lipinski definition) is 1. The summed E-state index contributed by atoms with van der Waals surface area (Å²) in [6.45, 7) is 3.70. The molecule has 0 aromatic heterocycles. The van der Waals surface area contributed by atoms with Gasteiger partial charge in [-0.2, -0.15) is 0 Å². The molecule has 1 N–H and O–H groups in total. The lowest BCUT2D eigenvalue weighted by Crippen LogP contribution is -2.43. The van der Waals surface area contributed by atoms with Gasteiger partial charge < -0.3 is 14.8 Å². The number of esters is 2. The molecule has 1 heterocycles. The molecule has 0 radical (unpaired) electrons. The van der Waals surface area contributed by atoms with Gasteiger partial charge in [0.2, 0.25) is 0 Å². The first-order chi connectivity index (χ1) is 15.8. The number of carbonyl (C=O) groups excluding carboxylic acids is 3. The summed E-state index contributed by atoms with van der Waals surface area (Å²) in [5.41, 5.74) is 2.94. The zero-order chi connectivity index (χ0) is 23.7. The van der Waals surface area contributed by atoms with Crippen LogP contribution in [0.5, 0.6) is 0 Å². The summed E-state index contributed by atoms with van der Waals surface area (Å²) in [5, 5.41) is 3.80. The SMILES string of the molecule is COC(=O)[C@H]1C(=O)C2=C(C[C@H]1C)NC(C)=C(C(=O)OC1CCCCC1)[C@@H]2c1cccc(Cl)c1. The normalized spacial score (nSPS) is 25.9. The number of nitrogens with one attached hydrogen (secondary N) is 1. The van der Waals surface area contributed by atoms with Crippen molar-refractivity contribution >= 4 is 29.3 Å². The Hall–Kier alpha value is -2.60. The Kier molecular flexibility index (Phi) is 6.94. The van der Waals surface area contributed by atoms with Gasteiger partial charge in [0.1, 0.15) is 12.0 Å². The lowest BCUT2D eigenvalue weighted by atomic mass is 9.69. The van der Waals surface area contributed by atoms with Crippen molar-refractivity contribution in [3.05, 3.63) is 57.4 Å². The Morgan fingerprint density at radius 2 is 1.88 bits per heavy atom. The van der Waals surface area contributed by atoms with E-state index in [4.69, 9.17) is 21.1 Å². The van der Waals surface area contributed by atoms with E-state index in [-0.39, 0.29) is 17.8 Å². The van der Waals surface area contributed by atoms with E-state index in [1.807, 2.05) is 19.9 Å². The number of ketones is 1. The number of carbonyl (C=O) groups is 3. The Labute approximate surface area is 199 Å². The first kappa shape index (κ1) is 23.6. The highest BCUT2D eigenvalue weighted by atomic mass is 35.5. The third-order valence-corrected chi connectivity index (χ3v) is 7.21. The highest BCUT2D eigenvalue weighted by Crippen LogP contribution is 2.46. The molecule has 33 heavy (non-hydrogen) atoms. The smallest absolute Gasteiger partial charge is 0.337 e. The van der Waals surface area contributed by atoms with Crippen LogP contribution in [0.25, 0.3) is 0 Å². The molecule has 176 valence electrons. The number of hydrogen-bond acceptors (Lipinski definition) is 6. The summed E-state index contributed by atoms with van der Waals surface area (Å²) in [6.07, 6.45) is 5.31. The van der Waals surface area contributed by atoms with E-state index in [2.05, 4.69) is 5.32 Å². The van der Waals surface area contributed by atoms with Crippen LogP contribution >= 0.6 is 11.6 Å². The number of halogens is 1. The van der Waals surface area contributed by atoms with Gasteiger partial charge >= 0.3 is 11.9 Å². The summed E-state index contributed by atoms with van der Waals surface area (Å²) >= 11 is 6.30. The lowest BCUT2D eigenvalue weighted by molar-refractivity contribution is -0.151. The van der Waals surface area contributed by atoms with E-state index < -0.39 is 23.8 Å². The van der Waals surface area contributed by atoms with Gasteiger partial charge in [0, 0.05) is 27.9 Å². The first-order valence-electron chi connectivity index (χ1n) is 11.6. The monoisotopic (exact) mass is 471 g/mol. The third-order valence-electron chi connectivity index (χ3n) is 6.97. The Morgan fingerprint density at radius 3 is 2.55 bits per heavy atom. The van der Waals surface area contributed by atoms with Crippen molar-refractivity contribution in [1.82, 2.24) is 5.32 Å². The zero-order valence-corrected chi connectivity index (χ0v) is 20.0. The van der Waals surface area contributed by atoms with Crippen molar-refractivity contribution in [2.24, 2.45) is 11.8 Å². The van der Waals surface area contributed by atoms with Gasteiger partial charge in [0.15, 0.2) is 5.78 Å². The minimum atomic E-state index is -0.911. The maximum atomic E-state index is 13.7. The van der Waals surface area contributed by atoms with Crippen LogP contribution in [0.4, 0.5) is 0 Å².